The first kappa shape index (κ1) is 24.1. The number of nitrogens with two attached hydrogens (primary N) is 1. The minimum absolute atomic E-state index is 0.333. The van der Waals surface area contributed by atoms with E-state index in [1.807, 2.05) is 42.5 Å². The van der Waals surface area contributed by atoms with Crippen LogP contribution in [0.5, 0.6) is 0 Å². The van der Waals surface area contributed by atoms with Gasteiger partial charge in [0.2, 0.25) is 5.91 Å². The van der Waals surface area contributed by atoms with Crippen LogP contribution in [-0.2, 0) is 29.0 Å². The predicted octanol–water partition coefficient (Wildman–Crippen LogP) is 3.69. The summed E-state index contributed by atoms with van der Waals surface area (Å²) in [7, 11) is 0. The molecule has 3 aromatic carbocycles. The van der Waals surface area contributed by atoms with Gasteiger partial charge in [0.15, 0.2) is 6.61 Å². The van der Waals surface area contributed by atoms with Gasteiger partial charge in [0.25, 0.3) is 5.91 Å². The number of anilines is 1. The van der Waals surface area contributed by atoms with Crippen molar-refractivity contribution in [2.45, 2.75) is 19.5 Å². The number of fused-ring (bicyclic) bond motifs is 2. The lowest BCUT2D eigenvalue weighted by atomic mass is 9.95. The molecule has 5 rings (SSSR count). The number of hydrogen-bond donors (Lipinski definition) is 2. The highest BCUT2D eigenvalue weighted by Gasteiger charge is 2.27. The number of carbonyl (C=O) groups excluding carboxylic acids is 3. The molecule has 0 spiro atoms. The predicted molar refractivity (Wildman–Crippen MR) is 140 cm³/mol. The van der Waals surface area contributed by atoms with Crippen LogP contribution in [0, 0.1) is 0 Å². The van der Waals surface area contributed by atoms with Gasteiger partial charge in [0, 0.05) is 53.9 Å². The van der Waals surface area contributed by atoms with Gasteiger partial charge in [-0.25, -0.2) is 4.79 Å². The number of esters is 1. The van der Waals surface area contributed by atoms with E-state index < -0.39 is 24.4 Å². The van der Waals surface area contributed by atoms with Crippen molar-refractivity contribution in [3.63, 3.8) is 0 Å². The summed E-state index contributed by atoms with van der Waals surface area (Å²) in [4.78, 5) is 44.2. The van der Waals surface area contributed by atoms with E-state index in [-0.39, 0.29) is 0 Å². The Hall–Kier alpha value is -4.56. The highest BCUT2D eigenvalue weighted by atomic mass is 16.5. The van der Waals surface area contributed by atoms with Gasteiger partial charge in [-0.2, -0.15) is 0 Å². The van der Waals surface area contributed by atoms with Crippen LogP contribution in [-0.4, -0.2) is 40.8 Å². The van der Waals surface area contributed by atoms with Crippen molar-refractivity contribution in [3.05, 3.63) is 107 Å². The number of rotatable bonds is 7. The summed E-state index contributed by atoms with van der Waals surface area (Å²) in [6.07, 6.45) is 0.717. The second kappa shape index (κ2) is 10.6. The van der Waals surface area contributed by atoms with Crippen LogP contribution in [0.3, 0.4) is 0 Å². The third-order valence-corrected chi connectivity index (χ3v) is 6.37. The molecule has 2 heterocycles. The molecule has 0 atom stereocenters. The standard InChI is InChI=1S/C29H26N4O4/c30-28(35)20-10-12-21(13-11-20)31-26(34)18-37-29(36)27-22-8-4-5-9-24(22)32-25-14-15-33(17-23(25)27)16-19-6-2-1-3-7-19/h1-13H,14-18H2,(H2,30,35)(H,31,34). The van der Waals surface area contributed by atoms with E-state index in [0.29, 0.717) is 28.7 Å². The topological polar surface area (TPSA) is 115 Å². The van der Waals surface area contributed by atoms with E-state index in [4.69, 9.17) is 15.5 Å². The van der Waals surface area contributed by atoms with Gasteiger partial charge in [0.1, 0.15) is 0 Å². The van der Waals surface area contributed by atoms with Gasteiger partial charge >= 0.3 is 5.97 Å². The molecule has 8 heteroatoms. The number of ether oxygens (including phenoxy) is 1. The largest absolute Gasteiger partial charge is 0.452 e. The molecular weight excluding hydrogens is 468 g/mol. The zero-order valence-electron chi connectivity index (χ0n) is 20.1. The first-order valence-corrected chi connectivity index (χ1v) is 12.0. The molecule has 0 aliphatic carbocycles. The summed E-state index contributed by atoms with van der Waals surface area (Å²) in [6.45, 7) is 1.71. The zero-order valence-corrected chi connectivity index (χ0v) is 20.1. The minimum atomic E-state index is -0.560. The number of pyridine rings is 1. The van der Waals surface area contributed by atoms with Gasteiger partial charge in [-0.3, -0.25) is 19.5 Å². The van der Waals surface area contributed by atoms with Gasteiger partial charge < -0.3 is 15.8 Å². The third kappa shape index (κ3) is 5.49. The maximum Gasteiger partial charge on any atom is 0.339 e. The Labute approximate surface area is 214 Å². The summed E-state index contributed by atoms with van der Waals surface area (Å²) in [5, 5.41) is 3.36. The summed E-state index contributed by atoms with van der Waals surface area (Å²) in [6, 6.07) is 23.8. The van der Waals surface area contributed by atoms with E-state index in [1.54, 1.807) is 12.1 Å². The van der Waals surface area contributed by atoms with Crippen LogP contribution >= 0.6 is 0 Å². The molecule has 8 nitrogen and oxygen atoms in total. The lowest BCUT2D eigenvalue weighted by Gasteiger charge is -2.30. The molecule has 2 amide bonds. The van der Waals surface area contributed by atoms with Gasteiger partial charge in [-0.1, -0.05) is 48.5 Å². The van der Waals surface area contributed by atoms with Crippen molar-refractivity contribution < 1.29 is 19.1 Å². The van der Waals surface area contributed by atoms with Gasteiger partial charge in [0.05, 0.1) is 11.1 Å². The number of para-hydroxylation sites is 1. The molecule has 0 bridgehead atoms. The molecule has 0 unspecified atom stereocenters. The van der Waals surface area contributed by atoms with E-state index in [1.165, 1.54) is 17.7 Å². The Bertz CT molecular complexity index is 1470. The molecule has 1 aromatic heterocycles. The van der Waals surface area contributed by atoms with Gasteiger partial charge in [-0.05, 0) is 35.9 Å². The first-order valence-electron chi connectivity index (χ1n) is 12.0. The van der Waals surface area contributed by atoms with Crippen molar-refractivity contribution in [3.8, 4) is 0 Å². The monoisotopic (exact) mass is 494 g/mol. The lowest BCUT2D eigenvalue weighted by Crippen LogP contribution is -2.32. The quantitative estimate of drug-likeness (QED) is 0.379. The van der Waals surface area contributed by atoms with Crippen LogP contribution in [0.15, 0.2) is 78.9 Å². The number of nitrogens with one attached hydrogen (secondary N) is 1. The fraction of sp³-hybridized carbons (Fsp3) is 0.172. The minimum Gasteiger partial charge on any atom is -0.452 e. The summed E-state index contributed by atoms with van der Waals surface area (Å²) < 4.78 is 5.48. The number of benzene rings is 3. The molecular formula is C29H26N4O4. The molecule has 0 saturated heterocycles. The molecule has 1 aliphatic heterocycles. The maximum absolute atomic E-state index is 13.4. The lowest BCUT2D eigenvalue weighted by molar-refractivity contribution is -0.119. The van der Waals surface area contributed by atoms with Crippen LogP contribution in [0.25, 0.3) is 10.9 Å². The maximum atomic E-state index is 13.4. The SMILES string of the molecule is NC(=O)c1ccc(NC(=O)COC(=O)c2c3c(nc4ccccc24)CCN(Cc2ccccc2)C3)cc1. The highest BCUT2D eigenvalue weighted by molar-refractivity contribution is 6.06. The Morgan fingerprint density at radius 3 is 2.43 bits per heavy atom. The van der Waals surface area contributed by atoms with E-state index >= 15 is 0 Å². The fourth-order valence-corrected chi connectivity index (χ4v) is 4.57. The average molecular weight is 495 g/mol. The summed E-state index contributed by atoms with van der Waals surface area (Å²) >= 11 is 0. The second-order valence-electron chi connectivity index (χ2n) is 8.94. The third-order valence-electron chi connectivity index (χ3n) is 6.37. The molecule has 37 heavy (non-hydrogen) atoms. The van der Waals surface area contributed by atoms with Crippen molar-refractivity contribution in [1.29, 1.82) is 0 Å². The molecule has 0 fully saturated rings. The van der Waals surface area contributed by atoms with Crippen LogP contribution in [0.1, 0.15) is 37.5 Å². The second-order valence-corrected chi connectivity index (χ2v) is 8.94. The van der Waals surface area contributed by atoms with Crippen molar-refractivity contribution in [1.82, 2.24) is 9.88 Å². The van der Waals surface area contributed by atoms with Crippen LogP contribution in [0.2, 0.25) is 0 Å². The Morgan fingerprint density at radius 2 is 1.68 bits per heavy atom. The Morgan fingerprint density at radius 1 is 0.946 bits per heavy atom. The first-order chi connectivity index (χ1) is 18.0. The molecule has 1 aliphatic rings. The van der Waals surface area contributed by atoms with Crippen molar-refractivity contribution in [2.24, 2.45) is 5.73 Å². The number of aromatic nitrogens is 1. The zero-order chi connectivity index (χ0) is 25.8. The van der Waals surface area contributed by atoms with E-state index in [0.717, 1.165) is 36.3 Å². The molecule has 0 radical (unpaired) electrons. The number of amides is 2. The average Bonchev–Trinajstić information content (AvgIpc) is 2.91. The van der Waals surface area contributed by atoms with Gasteiger partial charge in [-0.15, -0.1) is 0 Å². The molecule has 186 valence electrons. The van der Waals surface area contributed by atoms with Crippen LogP contribution in [0.4, 0.5) is 5.69 Å². The summed E-state index contributed by atoms with van der Waals surface area (Å²) in [5.41, 5.74) is 10.1. The van der Waals surface area contributed by atoms with Crippen molar-refractivity contribution in [2.75, 3.05) is 18.5 Å². The normalized spacial score (nSPS) is 13.1. The number of nitrogens with zero attached hydrogens (tertiary/aromatic N) is 2. The van der Waals surface area contributed by atoms with Crippen molar-refractivity contribution >= 4 is 34.4 Å². The number of primary amides is 1. The molecule has 3 N–H and O–H groups in total. The van der Waals surface area contributed by atoms with E-state index in [2.05, 4.69) is 22.3 Å². The Balaban J connectivity index is 1.34. The fourth-order valence-electron chi connectivity index (χ4n) is 4.57. The smallest absolute Gasteiger partial charge is 0.339 e. The molecule has 0 saturated carbocycles. The number of carbonyl (C=O) groups is 3. The number of hydrogen-bond acceptors (Lipinski definition) is 6. The highest BCUT2D eigenvalue weighted by Crippen LogP contribution is 2.29. The Kier molecular flexibility index (Phi) is 6.91. The summed E-state index contributed by atoms with van der Waals surface area (Å²) in [5.74, 6) is -1.60. The van der Waals surface area contributed by atoms with Crippen LogP contribution < -0.4 is 11.1 Å². The molecule has 4 aromatic rings. The van der Waals surface area contributed by atoms with E-state index in [9.17, 15) is 14.4 Å².